The van der Waals surface area contributed by atoms with Crippen molar-refractivity contribution in [3.05, 3.63) is 12.2 Å². The standard InChI is InChI=1S/C21H31N7O5/c1-3-24-20(32)16-14(29)15(30)21(33-16)28-9-25-13-17(22)26-12(27-18(13)28)8-10-4-6-11(7-5-10)19(31)23-2/h9-11,14-16,21,29-30H,3-8H2,1-2H3,(H,23,31)(H,24,32)(H2,22,26,27)/t10?,11?,14?,15?,16-,21+/m0/s1. The number of amides is 2. The number of fused-ring (bicyclic) bond motifs is 1. The van der Waals surface area contributed by atoms with E-state index in [1.54, 1.807) is 14.0 Å². The molecule has 2 aliphatic rings. The van der Waals surface area contributed by atoms with E-state index >= 15 is 0 Å². The first kappa shape index (κ1) is 23.3. The Morgan fingerprint density at radius 3 is 2.58 bits per heavy atom. The van der Waals surface area contributed by atoms with Crippen LogP contribution in [0.25, 0.3) is 11.2 Å². The summed E-state index contributed by atoms with van der Waals surface area (Å²) in [5.74, 6) is 0.711. The van der Waals surface area contributed by atoms with Crippen LogP contribution >= 0.6 is 0 Å². The zero-order chi connectivity index (χ0) is 23.7. The molecule has 6 N–H and O–H groups in total. The summed E-state index contributed by atoms with van der Waals surface area (Å²) in [6.07, 6.45) is 0.427. The van der Waals surface area contributed by atoms with E-state index in [1.807, 2.05) is 0 Å². The SMILES string of the molecule is CCNC(=O)[C@H]1O[C@@H](n2cnc3c(N)nc(CC4CCC(C(=O)NC)CC4)nc32)C(O)C1O. The van der Waals surface area contributed by atoms with Crippen LogP contribution in [-0.4, -0.2) is 73.5 Å². The van der Waals surface area contributed by atoms with Gasteiger partial charge in [-0.3, -0.25) is 14.2 Å². The third kappa shape index (κ3) is 4.50. The Morgan fingerprint density at radius 2 is 1.91 bits per heavy atom. The molecule has 0 radical (unpaired) electrons. The van der Waals surface area contributed by atoms with Gasteiger partial charge in [-0.05, 0) is 38.5 Å². The van der Waals surface area contributed by atoms with Gasteiger partial charge < -0.3 is 31.3 Å². The van der Waals surface area contributed by atoms with Gasteiger partial charge in [-0.25, -0.2) is 15.0 Å². The fourth-order valence-corrected chi connectivity index (χ4v) is 4.73. The first-order valence-corrected chi connectivity index (χ1v) is 11.3. The van der Waals surface area contributed by atoms with E-state index in [-0.39, 0.29) is 17.6 Å². The maximum absolute atomic E-state index is 12.2. The summed E-state index contributed by atoms with van der Waals surface area (Å²) in [4.78, 5) is 37.3. The van der Waals surface area contributed by atoms with E-state index in [2.05, 4.69) is 25.6 Å². The second kappa shape index (κ2) is 9.57. The highest BCUT2D eigenvalue weighted by Gasteiger charge is 2.47. The first-order chi connectivity index (χ1) is 15.8. The summed E-state index contributed by atoms with van der Waals surface area (Å²) in [7, 11) is 1.66. The number of ether oxygens (including phenoxy) is 1. The lowest BCUT2D eigenvalue weighted by Gasteiger charge is -2.27. The molecule has 1 aliphatic carbocycles. The van der Waals surface area contributed by atoms with Crippen molar-refractivity contribution in [1.29, 1.82) is 0 Å². The summed E-state index contributed by atoms with van der Waals surface area (Å²) >= 11 is 0. The van der Waals surface area contributed by atoms with Crippen LogP contribution < -0.4 is 16.4 Å². The topological polar surface area (TPSA) is 178 Å². The van der Waals surface area contributed by atoms with E-state index in [4.69, 9.17) is 10.5 Å². The minimum Gasteiger partial charge on any atom is -0.387 e. The molecule has 2 aromatic heterocycles. The van der Waals surface area contributed by atoms with E-state index in [0.717, 1.165) is 25.7 Å². The molecular formula is C21H31N7O5. The highest BCUT2D eigenvalue weighted by molar-refractivity contribution is 5.83. The van der Waals surface area contributed by atoms with Crippen molar-refractivity contribution in [3.8, 4) is 0 Å². The van der Waals surface area contributed by atoms with Gasteiger partial charge in [0.25, 0.3) is 5.91 Å². The van der Waals surface area contributed by atoms with E-state index in [9.17, 15) is 19.8 Å². The summed E-state index contributed by atoms with van der Waals surface area (Å²) in [5, 5.41) is 26.2. The lowest BCUT2D eigenvalue weighted by molar-refractivity contribution is -0.137. The predicted octanol–water partition coefficient (Wildman–Crippen LogP) is -0.741. The quantitative estimate of drug-likeness (QED) is 0.370. The Labute approximate surface area is 190 Å². The fourth-order valence-electron chi connectivity index (χ4n) is 4.73. The number of carbonyl (C=O) groups is 2. The molecule has 4 rings (SSSR count). The van der Waals surface area contributed by atoms with Gasteiger partial charge in [-0.1, -0.05) is 0 Å². The number of anilines is 1. The first-order valence-electron chi connectivity index (χ1n) is 11.3. The Hall–Kier alpha value is -2.83. The summed E-state index contributed by atoms with van der Waals surface area (Å²) in [6.45, 7) is 2.13. The molecule has 2 aromatic rings. The summed E-state index contributed by atoms with van der Waals surface area (Å²) < 4.78 is 7.18. The maximum Gasteiger partial charge on any atom is 0.252 e. The number of nitrogens with one attached hydrogen (secondary N) is 2. The third-order valence-electron chi connectivity index (χ3n) is 6.55. The summed E-state index contributed by atoms with van der Waals surface area (Å²) in [5.41, 5.74) is 6.85. The molecule has 33 heavy (non-hydrogen) atoms. The number of aromatic nitrogens is 4. The molecule has 4 atom stereocenters. The molecule has 1 saturated heterocycles. The number of aliphatic hydroxyl groups is 2. The maximum atomic E-state index is 12.2. The highest BCUT2D eigenvalue weighted by atomic mass is 16.6. The predicted molar refractivity (Wildman–Crippen MR) is 118 cm³/mol. The molecule has 3 heterocycles. The van der Waals surface area contributed by atoms with Crippen molar-refractivity contribution >= 4 is 28.8 Å². The largest absolute Gasteiger partial charge is 0.387 e. The molecule has 1 aliphatic heterocycles. The molecule has 1 saturated carbocycles. The van der Waals surface area contributed by atoms with Gasteiger partial charge in [0.1, 0.15) is 23.5 Å². The van der Waals surface area contributed by atoms with Crippen molar-refractivity contribution in [2.24, 2.45) is 11.8 Å². The van der Waals surface area contributed by atoms with E-state index in [1.165, 1.54) is 10.9 Å². The molecule has 2 fully saturated rings. The average molecular weight is 462 g/mol. The number of hydrogen-bond acceptors (Lipinski definition) is 9. The number of rotatable bonds is 6. The number of nitrogen functional groups attached to an aromatic ring is 1. The lowest BCUT2D eigenvalue weighted by Crippen LogP contribution is -2.42. The molecule has 180 valence electrons. The normalized spacial score (nSPS) is 29.8. The number of nitrogens with two attached hydrogens (primary N) is 1. The molecule has 0 spiro atoms. The van der Waals surface area contributed by atoms with Crippen molar-refractivity contribution < 1.29 is 24.5 Å². The van der Waals surface area contributed by atoms with Crippen LogP contribution in [0, 0.1) is 11.8 Å². The van der Waals surface area contributed by atoms with Gasteiger partial charge >= 0.3 is 0 Å². The second-order valence-corrected chi connectivity index (χ2v) is 8.71. The number of imidazole rings is 1. The van der Waals surface area contributed by atoms with E-state index < -0.39 is 30.4 Å². The van der Waals surface area contributed by atoms with Crippen molar-refractivity contribution in [3.63, 3.8) is 0 Å². The molecule has 12 heteroatoms. The number of carbonyl (C=O) groups excluding carboxylic acids is 2. The van der Waals surface area contributed by atoms with Crippen LogP contribution in [-0.2, 0) is 20.7 Å². The van der Waals surface area contributed by atoms with Crippen molar-refractivity contribution in [2.75, 3.05) is 19.3 Å². The average Bonchev–Trinajstić information content (AvgIpc) is 3.35. The Kier molecular flexibility index (Phi) is 6.77. The number of aliphatic hydroxyl groups excluding tert-OH is 2. The van der Waals surface area contributed by atoms with Crippen LogP contribution in [0.2, 0.25) is 0 Å². The molecule has 12 nitrogen and oxygen atoms in total. The third-order valence-corrected chi connectivity index (χ3v) is 6.55. The van der Waals surface area contributed by atoms with Gasteiger partial charge in [-0.2, -0.15) is 0 Å². The van der Waals surface area contributed by atoms with Crippen LogP contribution in [0.5, 0.6) is 0 Å². The zero-order valence-corrected chi connectivity index (χ0v) is 18.8. The van der Waals surface area contributed by atoms with Crippen LogP contribution in [0.15, 0.2) is 6.33 Å². The lowest BCUT2D eigenvalue weighted by atomic mass is 9.80. The van der Waals surface area contributed by atoms with Crippen LogP contribution in [0.4, 0.5) is 5.82 Å². The van der Waals surface area contributed by atoms with Crippen LogP contribution in [0.1, 0.15) is 44.7 Å². The van der Waals surface area contributed by atoms with Crippen molar-refractivity contribution in [2.45, 2.75) is 63.6 Å². The highest BCUT2D eigenvalue weighted by Crippen LogP contribution is 2.34. The molecule has 0 bridgehead atoms. The molecule has 2 unspecified atom stereocenters. The van der Waals surface area contributed by atoms with Gasteiger partial charge in [0, 0.05) is 25.9 Å². The number of hydrogen-bond donors (Lipinski definition) is 5. The minimum absolute atomic E-state index is 0.0476. The number of likely N-dealkylation sites (N-methyl/N-ethyl adjacent to an activating group) is 1. The summed E-state index contributed by atoms with van der Waals surface area (Å²) in [6, 6.07) is 0. The Balaban J connectivity index is 1.53. The van der Waals surface area contributed by atoms with Gasteiger partial charge in [-0.15, -0.1) is 0 Å². The smallest absolute Gasteiger partial charge is 0.252 e. The zero-order valence-electron chi connectivity index (χ0n) is 18.8. The molecular weight excluding hydrogens is 430 g/mol. The Morgan fingerprint density at radius 1 is 1.18 bits per heavy atom. The van der Waals surface area contributed by atoms with E-state index in [0.29, 0.717) is 35.9 Å². The fraction of sp³-hybridized carbons (Fsp3) is 0.667. The monoisotopic (exact) mass is 461 g/mol. The molecule has 0 aromatic carbocycles. The van der Waals surface area contributed by atoms with Crippen LogP contribution in [0.3, 0.4) is 0 Å². The van der Waals surface area contributed by atoms with Gasteiger partial charge in [0.2, 0.25) is 5.91 Å². The second-order valence-electron chi connectivity index (χ2n) is 8.71. The minimum atomic E-state index is -1.40. The van der Waals surface area contributed by atoms with Gasteiger partial charge in [0.15, 0.2) is 23.8 Å². The Bertz CT molecular complexity index is 1020. The molecule has 2 amide bonds. The van der Waals surface area contributed by atoms with Crippen molar-refractivity contribution in [1.82, 2.24) is 30.2 Å². The number of nitrogens with zero attached hydrogens (tertiary/aromatic N) is 4. The van der Waals surface area contributed by atoms with Gasteiger partial charge in [0.05, 0.1) is 6.33 Å².